The highest BCUT2D eigenvalue weighted by molar-refractivity contribution is 7.89. The molecule has 12 heteroatoms. The van der Waals surface area contributed by atoms with E-state index in [1.54, 1.807) is 24.3 Å². The van der Waals surface area contributed by atoms with Crippen molar-refractivity contribution < 1.29 is 18.1 Å². The molecule has 0 atom stereocenters. The smallest absolute Gasteiger partial charge is 0.275 e. The van der Waals surface area contributed by atoms with Gasteiger partial charge in [-0.1, -0.05) is 38.1 Å². The summed E-state index contributed by atoms with van der Waals surface area (Å²) in [6.07, 6.45) is 0. The minimum Gasteiger partial charge on any atom is -0.335 e. The van der Waals surface area contributed by atoms with Crippen molar-refractivity contribution in [3.05, 3.63) is 74.7 Å². The highest BCUT2D eigenvalue weighted by Gasteiger charge is 2.32. The van der Waals surface area contributed by atoms with Crippen molar-refractivity contribution in [1.29, 1.82) is 0 Å². The number of rotatable bonds is 6. The van der Waals surface area contributed by atoms with E-state index in [0.717, 1.165) is 6.07 Å². The summed E-state index contributed by atoms with van der Waals surface area (Å²) >= 11 is 0. The van der Waals surface area contributed by atoms with Gasteiger partial charge >= 0.3 is 0 Å². The SMILES string of the molecule is CC(C)Cn1nc(C(=O)N2CCN(S(=O)(=O)c3cccc([N+](=O)[O-])c3)CC2)c2ccccc2c1=O. The molecule has 35 heavy (non-hydrogen) atoms. The van der Waals surface area contributed by atoms with E-state index in [0.29, 0.717) is 17.3 Å². The first-order valence-electron chi connectivity index (χ1n) is 11.1. The topological polar surface area (TPSA) is 136 Å². The van der Waals surface area contributed by atoms with E-state index in [4.69, 9.17) is 0 Å². The molecule has 0 aliphatic carbocycles. The average molecular weight is 500 g/mol. The maximum Gasteiger partial charge on any atom is 0.275 e. The normalized spacial score (nSPS) is 15.0. The Bertz CT molecular complexity index is 1460. The fraction of sp³-hybridized carbons (Fsp3) is 0.348. The first kappa shape index (κ1) is 24.5. The van der Waals surface area contributed by atoms with Crippen LogP contribution in [0.25, 0.3) is 10.8 Å². The van der Waals surface area contributed by atoms with E-state index >= 15 is 0 Å². The summed E-state index contributed by atoms with van der Waals surface area (Å²) in [4.78, 5) is 38.0. The van der Waals surface area contributed by atoms with Crippen LogP contribution in [-0.4, -0.2) is 64.4 Å². The number of non-ortho nitro benzene ring substituents is 1. The lowest BCUT2D eigenvalue weighted by atomic mass is 10.1. The van der Waals surface area contributed by atoms with Gasteiger partial charge < -0.3 is 4.90 Å². The number of carbonyl (C=O) groups is 1. The van der Waals surface area contributed by atoms with E-state index in [-0.39, 0.29) is 59.8 Å². The second kappa shape index (κ2) is 9.55. The van der Waals surface area contributed by atoms with E-state index in [9.17, 15) is 28.1 Å². The van der Waals surface area contributed by atoms with Crippen molar-refractivity contribution in [2.24, 2.45) is 5.92 Å². The van der Waals surface area contributed by atoms with Crippen LogP contribution in [-0.2, 0) is 16.6 Å². The lowest BCUT2D eigenvalue weighted by molar-refractivity contribution is -0.385. The molecule has 3 aromatic rings. The van der Waals surface area contributed by atoms with Gasteiger partial charge in [-0.25, -0.2) is 13.1 Å². The van der Waals surface area contributed by atoms with Crippen LogP contribution in [0.4, 0.5) is 5.69 Å². The predicted molar refractivity (Wildman–Crippen MR) is 129 cm³/mol. The molecule has 1 aliphatic heterocycles. The predicted octanol–water partition coefficient (Wildman–Crippen LogP) is 2.11. The monoisotopic (exact) mass is 499 g/mol. The Morgan fingerprint density at radius 3 is 2.34 bits per heavy atom. The Labute approximate surface area is 201 Å². The minimum absolute atomic E-state index is 0.0281. The number of nitrogens with zero attached hydrogens (tertiary/aromatic N) is 5. The Balaban J connectivity index is 1.58. The summed E-state index contributed by atoms with van der Waals surface area (Å²) < 4.78 is 28.6. The third-order valence-electron chi connectivity index (χ3n) is 5.80. The van der Waals surface area contributed by atoms with Gasteiger partial charge in [0.15, 0.2) is 5.69 Å². The van der Waals surface area contributed by atoms with Crippen molar-refractivity contribution in [3.8, 4) is 0 Å². The third-order valence-corrected chi connectivity index (χ3v) is 7.70. The molecule has 2 heterocycles. The second-order valence-electron chi connectivity index (χ2n) is 8.73. The van der Waals surface area contributed by atoms with Crippen molar-refractivity contribution in [2.75, 3.05) is 26.2 Å². The van der Waals surface area contributed by atoms with Gasteiger partial charge in [0.2, 0.25) is 10.0 Å². The molecule has 11 nitrogen and oxygen atoms in total. The maximum absolute atomic E-state index is 13.4. The van der Waals surface area contributed by atoms with Gasteiger partial charge in [-0.05, 0) is 18.1 Å². The molecule has 0 saturated carbocycles. The number of sulfonamides is 1. The lowest BCUT2D eigenvalue weighted by Gasteiger charge is -2.34. The van der Waals surface area contributed by atoms with Crippen LogP contribution >= 0.6 is 0 Å². The van der Waals surface area contributed by atoms with Gasteiger partial charge in [0, 0.05) is 50.2 Å². The second-order valence-corrected chi connectivity index (χ2v) is 10.7. The van der Waals surface area contributed by atoms with Crippen molar-refractivity contribution in [3.63, 3.8) is 0 Å². The molecule has 1 aromatic heterocycles. The molecule has 184 valence electrons. The summed E-state index contributed by atoms with van der Waals surface area (Å²) in [7, 11) is -3.96. The summed E-state index contributed by atoms with van der Waals surface area (Å²) in [6, 6.07) is 11.7. The number of fused-ring (bicyclic) bond motifs is 1. The zero-order valence-electron chi connectivity index (χ0n) is 19.3. The van der Waals surface area contributed by atoms with E-state index in [1.165, 1.54) is 32.1 Å². The quantitative estimate of drug-likeness (QED) is 0.374. The molecular weight excluding hydrogens is 474 g/mol. The van der Waals surface area contributed by atoms with Gasteiger partial charge in [0.05, 0.1) is 15.2 Å². The van der Waals surface area contributed by atoms with Crippen LogP contribution in [0, 0.1) is 16.0 Å². The van der Waals surface area contributed by atoms with Crippen molar-refractivity contribution in [1.82, 2.24) is 19.0 Å². The van der Waals surface area contributed by atoms with Gasteiger partial charge in [0.1, 0.15) is 0 Å². The molecule has 0 spiro atoms. The van der Waals surface area contributed by atoms with Crippen LogP contribution in [0.1, 0.15) is 24.3 Å². The number of carbonyl (C=O) groups excluding carboxylic acids is 1. The van der Waals surface area contributed by atoms with Gasteiger partial charge in [0.25, 0.3) is 17.2 Å². The zero-order valence-corrected chi connectivity index (χ0v) is 20.1. The molecule has 4 rings (SSSR count). The molecule has 1 aliphatic rings. The minimum atomic E-state index is -3.96. The van der Waals surface area contributed by atoms with E-state index in [1.807, 2.05) is 13.8 Å². The maximum atomic E-state index is 13.4. The number of nitro benzene ring substituents is 1. The standard InChI is InChI=1S/C23H25N5O6S/c1-16(2)15-27-22(29)20-9-4-3-8-19(20)21(24-27)23(30)25-10-12-26(13-11-25)35(33,34)18-7-5-6-17(14-18)28(31)32/h3-9,14,16H,10-13,15H2,1-2H3. The number of aromatic nitrogens is 2. The van der Waals surface area contributed by atoms with Crippen LogP contribution in [0.5, 0.6) is 0 Å². The molecule has 1 amide bonds. The van der Waals surface area contributed by atoms with Gasteiger partial charge in [-0.15, -0.1) is 0 Å². The van der Waals surface area contributed by atoms with Gasteiger partial charge in [-0.3, -0.25) is 19.7 Å². The molecular formula is C23H25N5O6S. The lowest BCUT2D eigenvalue weighted by Crippen LogP contribution is -2.50. The van der Waals surface area contributed by atoms with Crippen LogP contribution in [0.15, 0.2) is 58.2 Å². The number of benzene rings is 2. The molecule has 1 saturated heterocycles. The largest absolute Gasteiger partial charge is 0.335 e. The Hall–Kier alpha value is -3.64. The van der Waals surface area contributed by atoms with E-state index in [2.05, 4.69) is 5.10 Å². The van der Waals surface area contributed by atoms with Crippen LogP contribution < -0.4 is 5.56 Å². The zero-order chi connectivity index (χ0) is 25.3. The Morgan fingerprint density at radius 1 is 1.06 bits per heavy atom. The highest BCUT2D eigenvalue weighted by atomic mass is 32.2. The number of nitro groups is 1. The number of hydrogen-bond acceptors (Lipinski definition) is 7. The fourth-order valence-corrected chi connectivity index (χ4v) is 5.51. The number of hydrogen-bond donors (Lipinski definition) is 0. The van der Waals surface area contributed by atoms with Crippen molar-refractivity contribution in [2.45, 2.75) is 25.3 Å². The third kappa shape index (κ3) is 4.80. The highest BCUT2D eigenvalue weighted by Crippen LogP contribution is 2.23. The number of piperazine rings is 1. The fourth-order valence-electron chi connectivity index (χ4n) is 4.05. The Kier molecular flexibility index (Phi) is 6.68. The summed E-state index contributed by atoms with van der Waals surface area (Å²) in [5.74, 6) is -0.238. The van der Waals surface area contributed by atoms with E-state index < -0.39 is 14.9 Å². The first-order chi connectivity index (χ1) is 16.6. The summed E-state index contributed by atoms with van der Waals surface area (Å²) in [6.45, 7) is 4.55. The molecule has 0 unspecified atom stereocenters. The Morgan fingerprint density at radius 2 is 1.71 bits per heavy atom. The molecule has 0 radical (unpaired) electrons. The summed E-state index contributed by atoms with van der Waals surface area (Å²) in [5, 5.41) is 16.3. The molecule has 2 aromatic carbocycles. The van der Waals surface area contributed by atoms with Crippen LogP contribution in [0.2, 0.25) is 0 Å². The molecule has 0 N–H and O–H groups in total. The number of amides is 1. The molecule has 0 bridgehead atoms. The molecule has 1 fully saturated rings. The first-order valence-corrected chi connectivity index (χ1v) is 12.6. The average Bonchev–Trinajstić information content (AvgIpc) is 2.85. The van der Waals surface area contributed by atoms with Crippen LogP contribution in [0.3, 0.4) is 0 Å². The summed E-state index contributed by atoms with van der Waals surface area (Å²) in [5.41, 5.74) is -0.427. The van der Waals surface area contributed by atoms with Gasteiger partial charge in [-0.2, -0.15) is 9.40 Å². The van der Waals surface area contributed by atoms with Crippen molar-refractivity contribution >= 4 is 32.4 Å².